The minimum atomic E-state index is -3.73. The summed E-state index contributed by atoms with van der Waals surface area (Å²) in [6, 6.07) is 13.5. The monoisotopic (exact) mass is 537 g/mol. The summed E-state index contributed by atoms with van der Waals surface area (Å²) in [6.07, 6.45) is 1.06. The summed E-state index contributed by atoms with van der Waals surface area (Å²) in [6.45, 7) is 8.88. The fourth-order valence-corrected chi connectivity index (χ4v) is 4.28. The summed E-state index contributed by atoms with van der Waals surface area (Å²) in [4.78, 5) is 27.8. The lowest BCUT2D eigenvalue weighted by Gasteiger charge is -2.33. The van der Waals surface area contributed by atoms with Crippen molar-refractivity contribution in [3.63, 3.8) is 0 Å². The molecule has 180 valence electrons. The number of rotatable bonds is 8. The fourth-order valence-electron chi connectivity index (χ4n) is 3.17. The molecule has 2 aromatic rings. The number of hydrogen-bond acceptors (Lipinski definition) is 4. The molecule has 9 heteroatoms. The zero-order valence-electron chi connectivity index (χ0n) is 19.9. The van der Waals surface area contributed by atoms with Crippen LogP contribution in [0.5, 0.6) is 0 Å². The van der Waals surface area contributed by atoms with Gasteiger partial charge in [-0.15, -0.1) is 0 Å². The number of amides is 2. The van der Waals surface area contributed by atoms with Crippen LogP contribution in [0.4, 0.5) is 5.69 Å². The average Bonchev–Trinajstić information content (AvgIpc) is 2.69. The third kappa shape index (κ3) is 8.16. The van der Waals surface area contributed by atoms with E-state index in [9.17, 15) is 18.0 Å². The van der Waals surface area contributed by atoms with Crippen molar-refractivity contribution in [2.75, 3.05) is 17.1 Å². The fraction of sp³-hybridized carbons (Fsp3) is 0.417. The number of anilines is 1. The van der Waals surface area contributed by atoms with Crippen LogP contribution in [0.15, 0.2) is 53.0 Å². The average molecular weight is 539 g/mol. The molecule has 1 atom stereocenters. The van der Waals surface area contributed by atoms with Crippen molar-refractivity contribution in [3.8, 4) is 0 Å². The first kappa shape index (κ1) is 26.9. The van der Waals surface area contributed by atoms with Crippen molar-refractivity contribution in [1.29, 1.82) is 0 Å². The number of carbonyl (C=O) groups excluding carboxylic acids is 2. The largest absolute Gasteiger partial charge is 0.350 e. The molecule has 2 aromatic carbocycles. The Morgan fingerprint density at radius 1 is 1.03 bits per heavy atom. The molecule has 7 nitrogen and oxygen atoms in total. The van der Waals surface area contributed by atoms with Gasteiger partial charge in [0, 0.05) is 16.6 Å². The lowest BCUT2D eigenvalue weighted by molar-refractivity contribution is -0.140. The normalized spacial score (nSPS) is 12.7. The van der Waals surface area contributed by atoms with Crippen molar-refractivity contribution < 1.29 is 18.0 Å². The Balaban J connectivity index is 2.38. The van der Waals surface area contributed by atoms with Crippen LogP contribution in [0, 0.1) is 6.92 Å². The van der Waals surface area contributed by atoms with Crippen LogP contribution in [-0.2, 0) is 26.2 Å². The SMILES string of the molecule is Cc1ccc(N(CC(=O)N(Cc2ccc(Br)cc2)[C@@H](C)C(=O)NC(C)(C)C)S(C)(=O)=O)cc1. The number of carbonyl (C=O) groups is 2. The van der Waals surface area contributed by atoms with Gasteiger partial charge in [0.05, 0.1) is 11.9 Å². The van der Waals surface area contributed by atoms with Gasteiger partial charge in [0.2, 0.25) is 21.8 Å². The minimum absolute atomic E-state index is 0.163. The molecule has 0 fully saturated rings. The third-order valence-corrected chi connectivity index (χ3v) is 6.60. The Kier molecular flexibility index (Phi) is 8.70. The van der Waals surface area contributed by atoms with Crippen LogP contribution in [0.2, 0.25) is 0 Å². The molecule has 0 unspecified atom stereocenters. The Labute approximate surface area is 205 Å². The molecule has 0 radical (unpaired) electrons. The van der Waals surface area contributed by atoms with Gasteiger partial charge in [0.25, 0.3) is 0 Å². The van der Waals surface area contributed by atoms with Crippen molar-refractivity contribution in [2.45, 2.75) is 52.7 Å². The van der Waals surface area contributed by atoms with Gasteiger partial charge < -0.3 is 10.2 Å². The smallest absolute Gasteiger partial charge is 0.244 e. The number of sulfonamides is 1. The number of halogens is 1. The number of nitrogens with zero attached hydrogens (tertiary/aromatic N) is 2. The van der Waals surface area contributed by atoms with Crippen LogP contribution in [0.25, 0.3) is 0 Å². The van der Waals surface area contributed by atoms with E-state index in [0.29, 0.717) is 5.69 Å². The first-order chi connectivity index (χ1) is 15.2. The molecular formula is C24H32BrN3O4S. The Morgan fingerprint density at radius 3 is 2.06 bits per heavy atom. The van der Waals surface area contributed by atoms with Gasteiger partial charge in [0.15, 0.2) is 0 Å². The van der Waals surface area contributed by atoms with E-state index in [1.165, 1.54) is 4.90 Å². The van der Waals surface area contributed by atoms with E-state index in [2.05, 4.69) is 21.2 Å². The second kappa shape index (κ2) is 10.7. The van der Waals surface area contributed by atoms with Crippen molar-refractivity contribution >= 4 is 43.5 Å². The second-order valence-electron chi connectivity index (χ2n) is 9.17. The van der Waals surface area contributed by atoms with E-state index in [0.717, 1.165) is 26.2 Å². The summed E-state index contributed by atoms with van der Waals surface area (Å²) < 4.78 is 27.0. The van der Waals surface area contributed by atoms with Gasteiger partial charge in [-0.3, -0.25) is 13.9 Å². The van der Waals surface area contributed by atoms with Crippen LogP contribution < -0.4 is 9.62 Å². The summed E-state index contributed by atoms with van der Waals surface area (Å²) in [7, 11) is -3.73. The Morgan fingerprint density at radius 2 is 1.58 bits per heavy atom. The molecule has 0 aliphatic rings. The zero-order chi connectivity index (χ0) is 25.0. The molecule has 0 bridgehead atoms. The molecule has 33 heavy (non-hydrogen) atoms. The van der Waals surface area contributed by atoms with Crippen LogP contribution in [0.1, 0.15) is 38.8 Å². The van der Waals surface area contributed by atoms with Gasteiger partial charge in [-0.25, -0.2) is 8.42 Å². The molecule has 0 aliphatic heterocycles. The van der Waals surface area contributed by atoms with E-state index in [1.807, 2.05) is 52.0 Å². The van der Waals surface area contributed by atoms with E-state index in [4.69, 9.17) is 0 Å². The highest BCUT2D eigenvalue weighted by Crippen LogP contribution is 2.20. The molecule has 0 saturated carbocycles. The van der Waals surface area contributed by atoms with E-state index < -0.39 is 34.1 Å². The highest BCUT2D eigenvalue weighted by Gasteiger charge is 2.31. The molecule has 0 heterocycles. The molecule has 0 aromatic heterocycles. The van der Waals surface area contributed by atoms with Gasteiger partial charge in [-0.2, -0.15) is 0 Å². The molecule has 0 spiro atoms. The highest BCUT2D eigenvalue weighted by molar-refractivity contribution is 9.10. The van der Waals surface area contributed by atoms with Crippen molar-refractivity contribution in [1.82, 2.24) is 10.2 Å². The lowest BCUT2D eigenvalue weighted by atomic mass is 10.1. The third-order valence-electron chi connectivity index (χ3n) is 4.93. The summed E-state index contributed by atoms with van der Waals surface area (Å²) in [5, 5.41) is 2.90. The quantitative estimate of drug-likeness (QED) is 0.553. The van der Waals surface area contributed by atoms with Crippen LogP contribution in [-0.4, -0.2) is 49.5 Å². The Hall–Kier alpha value is -2.39. The molecular weight excluding hydrogens is 506 g/mol. The van der Waals surface area contributed by atoms with Gasteiger partial charge in [0.1, 0.15) is 12.6 Å². The van der Waals surface area contributed by atoms with E-state index in [1.54, 1.807) is 31.2 Å². The number of benzene rings is 2. The predicted molar refractivity (Wildman–Crippen MR) is 135 cm³/mol. The van der Waals surface area contributed by atoms with E-state index in [-0.39, 0.29) is 12.5 Å². The topological polar surface area (TPSA) is 86.8 Å². The highest BCUT2D eigenvalue weighted by atomic mass is 79.9. The lowest BCUT2D eigenvalue weighted by Crippen LogP contribution is -2.54. The second-order valence-corrected chi connectivity index (χ2v) is 12.0. The maximum Gasteiger partial charge on any atom is 0.244 e. The maximum absolute atomic E-state index is 13.5. The summed E-state index contributed by atoms with van der Waals surface area (Å²) in [5.41, 5.74) is 1.72. The zero-order valence-corrected chi connectivity index (χ0v) is 22.3. The Bertz CT molecular complexity index is 1080. The summed E-state index contributed by atoms with van der Waals surface area (Å²) >= 11 is 3.39. The number of nitrogens with one attached hydrogen (secondary N) is 1. The molecule has 2 rings (SSSR count). The number of aryl methyl sites for hydroxylation is 1. The van der Waals surface area contributed by atoms with Gasteiger partial charge in [-0.05, 0) is 64.4 Å². The molecule has 0 saturated heterocycles. The summed E-state index contributed by atoms with van der Waals surface area (Å²) in [5.74, 6) is -0.783. The van der Waals surface area contributed by atoms with Gasteiger partial charge >= 0.3 is 0 Å². The maximum atomic E-state index is 13.5. The standard InChI is InChI=1S/C24H32BrN3O4S/c1-17-7-13-21(14-8-17)28(33(6,31)32)16-22(29)27(15-19-9-11-20(25)12-10-19)18(2)23(30)26-24(3,4)5/h7-14,18H,15-16H2,1-6H3,(H,26,30)/t18-/m0/s1. The van der Waals surface area contributed by atoms with Crippen LogP contribution >= 0.6 is 15.9 Å². The predicted octanol–water partition coefficient (Wildman–Crippen LogP) is 3.86. The first-order valence-corrected chi connectivity index (χ1v) is 13.2. The van der Waals surface area contributed by atoms with Crippen molar-refractivity contribution in [3.05, 3.63) is 64.1 Å². The van der Waals surface area contributed by atoms with Gasteiger partial charge in [-0.1, -0.05) is 45.8 Å². The molecule has 0 aliphatic carbocycles. The first-order valence-electron chi connectivity index (χ1n) is 10.6. The molecule has 1 N–H and O–H groups in total. The van der Waals surface area contributed by atoms with Crippen LogP contribution in [0.3, 0.4) is 0 Å². The number of hydrogen-bond donors (Lipinski definition) is 1. The van der Waals surface area contributed by atoms with E-state index >= 15 is 0 Å². The van der Waals surface area contributed by atoms with Crippen molar-refractivity contribution in [2.24, 2.45) is 0 Å². The molecule has 2 amide bonds. The minimum Gasteiger partial charge on any atom is -0.350 e.